The van der Waals surface area contributed by atoms with Gasteiger partial charge < -0.3 is 10.1 Å². The van der Waals surface area contributed by atoms with E-state index in [0.29, 0.717) is 38.9 Å². The number of pyridine rings is 1. The van der Waals surface area contributed by atoms with E-state index < -0.39 is 19.0 Å². The number of alkyl halides is 4. The molecule has 0 bridgehead atoms. The van der Waals surface area contributed by atoms with Crippen molar-refractivity contribution in [2.45, 2.75) is 70.3 Å². The lowest BCUT2D eigenvalue weighted by atomic mass is 9.83. The fraction of sp³-hybridized carbons (Fsp3) is 0.640. The van der Waals surface area contributed by atoms with Crippen molar-refractivity contribution in [3.63, 3.8) is 0 Å². The van der Waals surface area contributed by atoms with Gasteiger partial charge in [0.15, 0.2) is 6.61 Å². The zero-order valence-electron chi connectivity index (χ0n) is 20.3. The zero-order chi connectivity index (χ0) is 25.7. The Labute approximate surface area is 212 Å². The summed E-state index contributed by atoms with van der Waals surface area (Å²) in [4.78, 5) is 23.8. The highest BCUT2D eigenvalue weighted by Gasteiger charge is 2.31. The molecule has 0 radical (unpaired) electrons. The lowest BCUT2D eigenvalue weighted by Gasteiger charge is -2.33. The minimum absolute atomic E-state index is 0.0106. The van der Waals surface area contributed by atoms with Crippen molar-refractivity contribution in [2.24, 2.45) is 5.92 Å². The molecular weight excluding hydrogens is 496 g/mol. The van der Waals surface area contributed by atoms with Crippen molar-refractivity contribution in [1.82, 2.24) is 20.2 Å². The molecule has 1 N–H and O–H groups in total. The molecule has 36 heavy (non-hydrogen) atoms. The molecule has 6 nitrogen and oxygen atoms in total. The Bertz CT molecular complexity index is 1020. The number of carbonyl (C=O) groups is 1. The Hall–Kier alpha value is -2.27. The first-order valence-electron chi connectivity index (χ1n) is 12.4. The number of rotatable bonds is 8. The maximum Gasteiger partial charge on any atom is 0.422 e. The Morgan fingerprint density at radius 1 is 1.22 bits per heavy atom. The van der Waals surface area contributed by atoms with Crippen LogP contribution in [-0.4, -0.2) is 65.4 Å². The molecule has 1 unspecified atom stereocenters. The van der Waals surface area contributed by atoms with Crippen LogP contribution in [0.15, 0.2) is 18.3 Å². The van der Waals surface area contributed by atoms with Gasteiger partial charge in [-0.15, -0.1) is 11.3 Å². The van der Waals surface area contributed by atoms with Gasteiger partial charge in [-0.25, -0.2) is 14.4 Å². The Kier molecular flexibility index (Phi) is 8.82. The van der Waals surface area contributed by atoms with Crippen LogP contribution in [0.4, 0.5) is 17.6 Å². The smallest absolute Gasteiger partial charge is 0.422 e. The van der Waals surface area contributed by atoms with Crippen LogP contribution in [0.2, 0.25) is 0 Å². The van der Waals surface area contributed by atoms with E-state index in [1.54, 1.807) is 12.3 Å². The van der Waals surface area contributed by atoms with Crippen LogP contribution in [0.5, 0.6) is 5.88 Å². The molecule has 1 aliphatic carbocycles. The molecule has 1 saturated carbocycles. The van der Waals surface area contributed by atoms with E-state index in [0.717, 1.165) is 46.8 Å². The van der Waals surface area contributed by atoms with E-state index in [1.165, 1.54) is 17.4 Å². The van der Waals surface area contributed by atoms with Gasteiger partial charge >= 0.3 is 6.18 Å². The average molecular weight is 529 g/mol. The van der Waals surface area contributed by atoms with Crippen LogP contribution < -0.4 is 10.1 Å². The maximum atomic E-state index is 15.2. The van der Waals surface area contributed by atoms with Gasteiger partial charge in [0.2, 0.25) is 11.8 Å². The highest BCUT2D eigenvalue weighted by Crippen LogP contribution is 2.30. The summed E-state index contributed by atoms with van der Waals surface area (Å²) in [6, 6.07) is 3.31. The quantitative estimate of drug-likeness (QED) is 0.513. The summed E-state index contributed by atoms with van der Waals surface area (Å²) in [5.74, 6) is -0.0778. The summed E-state index contributed by atoms with van der Waals surface area (Å²) in [6.45, 7) is 2.16. The number of carbonyl (C=O) groups excluding carboxylic acids is 1. The number of nitrogens with zero attached hydrogens (tertiary/aromatic N) is 3. The molecule has 1 atom stereocenters. The van der Waals surface area contributed by atoms with Crippen LogP contribution in [0, 0.1) is 12.8 Å². The largest absolute Gasteiger partial charge is 0.468 e. The molecule has 2 aromatic rings. The third kappa shape index (κ3) is 7.86. The first-order chi connectivity index (χ1) is 17.1. The zero-order valence-corrected chi connectivity index (χ0v) is 21.1. The standard InChI is InChI=1S/C25H32F4N4O2S/c1-16-30-13-20(36-16)12-23(34)31-19-5-2-17(3-6-19)21(26)14-33-10-8-18-4-7-24(32-22(18)9-11-33)35-15-25(27,28)29/h4,7,13,17,19,21H,2-3,5-6,8-12,14-15H2,1H3,(H,31,34)/t17-,19-,21?. The molecule has 0 aromatic carbocycles. The Morgan fingerprint density at radius 3 is 2.67 bits per heavy atom. The molecule has 2 aromatic heterocycles. The Morgan fingerprint density at radius 2 is 1.97 bits per heavy atom. The van der Waals surface area contributed by atoms with Crippen LogP contribution >= 0.6 is 11.3 Å². The fourth-order valence-corrected chi connectivity index (χ4v) is 5.77. The van der Waals surface area contributed by atoms with Crippen molar-refractivity contribution in [3.05, 3.63) is 39.5 Å². The summed E-state index contributed by atoms with van der Waals surface area (Å²) in [6.07, 6.45) is 0.943. The molecule has 3 heterocycles. The van der Waals surface area contributed by atoms with Gasteiger partial charge in [-0.05, 0) is 50.5 Å². The second-order valence-electron chi connectivity index (χ2n) is 9.68. The van der Waals surface area contributed by atoms with E-state index >= 15 is 4.39 Å². The first-order valence-corrected chi connectivity index (χ1v) is 13.2. The van der Waals surface area contributed by atoms with Gasteiger partial charge in [-0.3, -0.25) is 9.69 Å². The number of amides is 1. The summed E-state index contributed by atoms with van der Waals surface area (Å²) < 4.78 is 57.2. The Balaban J connectivity index is 1.19. The summed E-state index contributed by atoms with van der Waals surface area (Å²) >= 11 is 1.52. The number of nitrogens with one attached hydrogen (secondary N) is 1. The van der Waals surface area contributed by atoms with Crippen LogP contribution in [-0.2, 0) is 24.1 Å². The normalized spacial score (nSPS) is 21.9. The van der Waals surface area contributed by atoms with E-state index in [9.17, 15) is 18.0 Å². The van der Waals surface area contributed by atoms with Gasteiger partial charge in [0.05, 0.1) is 11.4 Å². The minimum atomic E-state index is -4.41. The van der Waals surface area contributed by atoms with Gasteiger partial charge in [0, 0.05) is 54.9 Å². The second-order valence-corrected chi connectivity index (χ2v) is 11.0. The second kappa shape index (κ2) is 11.9. The lowest BCUT2D eigenvalue weighted by Crippen LogP contribution is -2.41. The topological polar surface area (TPSA) is 67.4 Å². The number of fused-ring (bicyclic) bond motifs is 1. The lowest BCUT2D eigenvalue weighted by molar-refractivity contribution is -0.154. The predicted molar refractivity (Wildman–Crippen MR) is 129 cm³/mol. The molecule has 4 rings (SSSR count). The van der Waals surface area contributed by atoms with Crippen LogP contribution in [0.1, 0.15) is 46.8 Å². The monoisotopic (exact) mass is 528 g/mol. The molecule has 198 valence electrons. The fourth-order valence-electron chi connectivity index (χ4n) is 4.97. The number of ether oxygens (including phenoxy) is 1. The van der Waals surface area contributed by atoms with Crippen LogP contribution in [0.3, 0.4) is 0 Å². The molecule has 11 heteroatoms. The number of hydrogen-bond donors (Lipinski definition) is 1. The third-order valence-electron chi connectivity index (χ3n) is 6.87. The van der Waals surface area contributed by atoms with E-state index in [2.05, 4.69) is 20.2 Å². The van der Waals surface area contributed by atoms with Gasteiger partial charge in [0.1, 0.15) is 6.17 Å². The van der Waals surface area contributed by atoms with Crippen LogP contribution in [0.25, 0.3) is 0 Å². The maximum absolute atomic E-state index is 15.2. The molecular formula is C25H32F4N4O2S. The number of thiazole rings is 1. The number of aromatic nitrogens is 2. The van der Waals surface area contributed by atoms with Gasteiger partial charge in [-0.2, -0.15) is 13.2 Å². The van der Waals surface area contributed by atoms with Crippen molar-refractivity contribution in [1.29, 1.82) is 0 Å². The van der Waals surface area contributed by atoms with Crippen molar-refractivity contribution >= 4 is 17.2 Å². The number of aryl methyl sites for hydroxylation is 1. The van der Waals surface area contributed by atoms with E-state index in [1.807, 2.05) is 6.92 Å². The average Bonchev–Trinajstić information content (AvgIpc) is 3.12. The molecule has 2 aliphatic rings. The molecule has 1 fully saturated rings. The van der Waals surface area contributed by atoms with Gasteiger partial charge in [-0.1, -0.05) is 6.07 Å². The van der Waals surface area contributed by atoms with Gasteiger partial charge in [0.25, 0.3) is 0 Å². The number of halogens is 4. The van der Waals surface area contributed by atoms with Crippen molar-refractivity contribution < 1.29 is 27.1 Å². The molecule has 1 amide bonds. The molecule has 0 spiro atoms. The first kappa shape index (κ1) is 26.8. The predicted octanol–water partition coefficient (Wildman–Crippen LogP) is 4.44. The van der Waals surface area contributed by atoms with E-state index in [-0.39, 0.29) is 23.7 Å². The van der Waals surface area contributed by atoms with E-state index in [4.69, 9.17) is 4.74 Å². The highest BCUT2D eigenvalue weighted by atomic mass is 32.1. The third-order valence-corrected chi connectivity index (χ3v) is 7.79. The summed E-state index contributed by atoms with van der Waals surface area (Å²) in [5, 5.41) is 4.03. The number of hydrogen-bond acceptors (Lipinski definition) is 6. The SMILES string of the molecule is Cc1ncc(CC(=O)N[C@H]2CC[C@H](C(F)CN3CCc4ccc(OCC(F)(F)F)nc4CC3)CC2)s1. The molecule has 1 aliphatic heterocycles. The van der Waals surface area contributed by atoms with Crippen molar-refractivity contribution in [3.8, 4) is 5.88 Å². The molecule has 0 saturated heterocycles. The summed E-state index contributed by atoms with van der Waals surface area (Å²) in [5.41, 5.74) is 1.69. The highest BCUT2D eigenvalue weighted by molar-refractivity contribution is 7.11. The summed E-state index contributed by atoms with van der Waals surface area (Å²) in [7, 11) is 0. The minimum Gasteiger partial charge on any atom is -0.468 e. The van der Waals surface area contributed by atoms with Crippen molar-refractivity contribution in [2.75, 3.05) is 26.2 Å².